The summed E-state index contributed by atoms with van der Waals surface area (Å²) in [5.74, 6) is 0. The van der Waals surface area contributed by atoms with Crippen LogP contribution in [0.5, 0.6) is 0 Å². The first-order chi connectivity index (χ1) is 12.9. The summed E-state index contributed by atoms with van der Waals surface area (Å²) >= 11 is 0. The molecule has 0 aromatic heterocycles. The van der Waals surface area contributed by atoms with Gasteiger partial charge in [0, 0.05) is 25.2 Å². The molecular formula is C25H25N. The van der Waals surface area contributed by atoms with Gasteiger partial charge in [-0.25, -0.2) is 0 Å². The molecule has 1 aliphatic heterocycles. The molecule has 1 fully saturated rings. The van der Waals surface area contributed by atoms with Crippen LogP contribution in [-0.4, -0.2) is 13.1 Å². The van der Waals surface area contributed by atoms with Gasteiger partial charge in [0.1, 0.15) is 0 Å². The van der Waals surface area contributed by atoms with Gasteiger partial charge in [-0.1, -0.05) is 60.7 Å². The average Bonchev–Trinajstić information content (AvgIpc) is 3.10. The summed E-state index contributed by atoms with van der Waals surface area (Å²) < 4.78 is 0. The second-order valence-electron chi connectivity index (χ2n) is 7.64. The van der Waals surface area contributed by atoms with E-state index in [9.17, 15) is 0 Å². The number of rotatable bonds is 3. The van der Waals surface area contributed by atoms with E-state index in [0.29, 0.717) is 0 Å². The van der Waals surface area contributed by atoms with Gasteiger partial charge >= 0.3 is 0 Å². The van der Waals surface area contributed by atoms with Crippen LogP contribution in [0.3, 0.4) is 0 Å². The molecule has 1 heteroatoms. The molecule has 5 rings (SSSR count). The van der Waals surface area contributed by atoms with Gasteiger partial charge in [-0.3, -0.25) is 0 Å². The fourth-order valence-corrected chi connectivity index (χ4v) is 4.70. The first-order valence-corrected chi connectivity index (χ1v) is 9.92. The molecule has 1 nitrogen and oxygen atoms in total. The van der Waals surface area contributed by atoms with Crippen molar-refractivity contribution < 1.29 is 0 Å². The van der Waals surface area contributed by atoms with Crippen LogP contribution in [0.15, 0.2) is 66.7 Å². The number of benzene rings is 3. The molecule has 0 unspecified atom stereocenters. The third-order valence-corrected chi connectivity index (χ3v) is 5.96. The molecule has 0 bridgehead atoms. The van der Waals surface area contributed by atoms with Crippen molar-refractivity contribution in [3.63, 3.8) is 0 Å². The van der Waals surface area contributed by atoms with E-state index in [0.717, 1.165) is 12.8 Å². The molecular weight excluding hydrogens is 314 g/mol. The van der Waals surface area contributed by atoms with Crippen LogP contribution in [0.1, 0.15) is 41.5 Å². The Balaban J connectivity index is 1.62. The summed E-state index contributed by atoms with van der Waals surface area (Å²) in [4.78, 5) is 2.63. The van der Waals surface area contributed by atoms with E-state index in [1.165, 1.54) is 65.9 Å². The van der Waals surface area contributed by atoms with Gasteiger partial charge < -0.3 is 4.90 Å². The second-order valence-corrected chi connectivity index (χ2v) is 7.64. The molecule has 0 atom stereocenters. The molecule has 1 heterocycles. The Morgan fingerprint density at radius 3 is 2.35 bits per heavy atom. The Hall–Kier alpha value is -2.54. The fourth-order valence-electron chi connectivity index (χ4n) is 4.70. The smallest absolute Gasteiger partial charge is 0.0408 e. The summed E-state index contributed by atoms with van der Waals surface area (Å²) in [6.45, 7) is 2.42. The van der Waals surface area contributed by atoms with Crippen LogP contribution in [0.4, 0.5) is 5.69 Å². The maximum Gasteiger partial charge on any atom is 0.0408 e. The summed E-state index contributed by atoms with van der Waals surface area (Å²) in [5, 5.41) is 0. The van der Waals surface area contributed by atoms with Crippen LogP contribution in [0.2, 0.25) is 0 Å². The van der Waals surface area contributed by atoms with E-state index in [-0.39, 0.29) is 0 Å². The van der Waals surface area contributed by atoms with Crippen molar-refractivity contribution >= 4 is 5.69 Å². The highest BCUT2D eigenvalue weighted by Crippen LogP contribution is 2.44. The lowest BCUT2D eigenvalue weighted by atomic mass is 9.93. The van der Waals surface area contributed by atoms with Gasteiger partial charge in [0.2, 0.25) is 0 Å². The summed E-state index contributed by atoms with van der Waals surface area (Å²) in [7, 11) is 0. The molecule has 0 radical (unpaired) electrons. The lowest BCUT2D eigenvalue weighted by Gasteiger charge is -2.31. The highest BCUT2D eigenvalue weighted by atomic mass is 15.1. The quantitative estimate of drug-likeness (QED) is 0.453. The third kappa shape index (κ3) is 2.72. The van der Waals surface area contributed by atoms with Crippen LogP contribution >= 0.6 is 0 Å². The Kier molecular flexibility index (Phi) is 4.01. The van der Waals surface area contributed by atoms with Crippen LogP contribution in [-0.2, 0) is 12.8 Å². The average molecular weight is 339 g/mol. The van der Waals surface area contributed by atoms with E-state index in [1.54, 1.807) is 5.56 Å². The number of nitrogens with zero attached hydrogens (tertiary/aromatic N) is 1. The van der Waals surface area contributed by atoms with Crippen molar-refractivity contribution in [3.05, 3.63) is 89.0 Å². The second kappa shape index (κ2) is 6.64. The molecule has 26 heavy (non-hydrogen) atoms. The minimum Gasteiger partial charge on any atom is -0.371 e. The molecule has 1 saturated heterocycles. The predicted molar refractivity (Wildman–Crippen MR) is 110 cm³/mol. The highest BCUT2D eigenvalue weighted by Gasteiger charge is 2.26. The molecule has 1 aliphatic carbocycles. The van der Waals surface area contributed by atoms with Crippen molar-refractivity contribution in [3.8, 4) is 11.1 Å². The van der Waals surface area contributed by atoms with E-state index in [4.69, 9.17) is 0 Å². The lowest BCUT2D eigenvalue weighted by molar-refractivity contribution is 0.577. The molecule has 0 N–H and O–H groups in total. The van der Waals surface area contributed by atoms with Gasteiger partial charge in [0.25, 0.3) is 0 Å². The maximum atomic E-state index is 2.63. The van der Waals surface area contributed by atoms with Crippen LogP contribution < -0.4 is 4.90 Å². The topological polar surface area (TPSA) is 3.24 Å². The normalized spacial score (nSPS) is 15.6. The Labute approximate surface area is 156 Å². The van der Waals surface area contributed by atoms with Crippen molar-refractivity contribution in [2.45, 2.75) is 32.1 Å². The van der Waals surface area contributed by atoms with Gasteiger partial charge in [0.05, 0.1) is 0 Å². The third-order valence-electron chi connectivity index (χ3n) is 5.96. The number of anilines is 1. The Bertz CT molecular complexity index is 920. The van der Waals surface area contributed by atoms with Gasteiger partial charge in [0.15, 0.2) is 0 Å². The zero-order valence-corrected chi connectivity index (χ0v) is 15.2. The molecule has 130 valence electrons. The Morgan fingerprint density at radius 1 is 0.731 bits per heavy atom. The summed E-state index contributed by atoms with van der Waals surface area (Å²) in [6, 6.07) is 24.6. The molecule has 3 aromatic carbocycles. The summed E-state index contributed by atoms with van der Waals surface area (Å²) in [6.07, 6.45) is 6.13. The number of hydrogen-bond acceptors (Lipinski definition) is 1. The van der Waals surface area contributed by atoms with E-state index >= 15 is 0 Å². The number of fused-ring (bicyclic) bond motifs is 3. The molecule has 0 spiro atoms. The van der Waals surface area contributed by atoms with Gasteiger partial charge in [-0.2, -0.15) is 0 Å². The number of hydrogen-bond donors (Lipinski definition) is 0. The van der Waals surface area contributed by atoms with Crippen LogP contribution in [0, 0.1) is 0 Å². The zero-order valence-electron chi connectivity index (χ0n) is 15.2. The minimum atomic E-state index is 1.01. The first kappa shape index (κ1) is 15.7. The van der Waals surface area contributed by atoms with Gasteiger partial charge in [-0.15, -0.1) is 0 Å². The number of piperidine rings is 1. The van der Waals surface area contributed by atoms with Crippen molar-refractivity contribution in [1.29, 1.82) is 0 Å². The SMILES string of the molecule is c1ccc(Cc2ccc(N3CCCCC3)c3c2-c2ccccc2C3)cc1. The standard InChI is InChI=1S/C25H25N/c1-3-9-19(10-4-1)17-21-13-14-24(26-15-7-2-8-16-26)23-18-20-11-5-6-12-22(20)25(21)23/h1,3-6,9-14H,2,7-8,15-18H2. The van der Waals surface area contributed by atoms with Crippen molar-refractivity contribution in [2.75, 3.05) is 18.0 Å². The first-order valence-electron chi connectivity index (χ1n) is 9.92. The highest BCUT2D eigenvalue weighted by molar-refractivity contribution is 5.85. The monoisotopic (exact) mass is 339 g/mol. The molecule has 0 amide bonds. The minimum absolute atomic E-state index is 1.01. The van der Waals surface area contributed by atoms with Crippen molar-refractivity contribution in [1.82, 2.24) is 0 Å². The lowest BCUT2D eigenvalue weighted by Crippen LogP contribution is -2.30. The van der Waals surface area contributed by atoms with Crippen molar-refractivity contribution in [2.24, 2.45) is 0 Å². The fraction of sp³-hybridized carbons (Fsp3) is 0.280. The molecule has 3 aromatic rings. The predicted octanol–water partition coefficient (Wildman–Crippen LogP) is 5.84. The van der Waals surface area contributed by atoms with E-state index < -0.39 is 0 Å². The van der Waals surface area contributed by atoms with E-state index in [2.05, 4.69) is 71.6 Å². The largest absolute Gasteiger partial charge is 0.371 e. The Morgan fingerprint density at radius 2 is 1.50 bits per heavy atom. The molecule has 0 saturated carbocycles. The zero-order chi connectivity index (χ0) is 17.3. The summed E-state index contributed by atoms with van der Waals surface area (Å²) in [5.41, 5.74) is 10.3. The van der Waals surface area contributed by atoms with Gasteiger partial charge in [-0.05, 0) is 65.1 Å². The van der Waals surface area contributed by atoms with Crippen LogP contribution in [0.25, 0.3) is 11.1 Å². The van der Waals surface area contributed by atoms with E-state index in [1.807, 2.05) is 0 Å². The maximum absolute atomic E-state index is 2.63. The molecule has 2 aliphatic rings.